The van der Waals surface area contributed by atoms with E-state index < -0.39 is 0 Å². The highest BCUT2D eigenvalue weighted by atomic mass is 16.7. The van der Waals surface area contributed by atoms with Crippen LogP contribution in [0.2, 0.25) is 0 Å². The van der Waals surface area contributed by atoms with Crippen molar-refractivity contribution in [1.82, 2.24) is 15.0 Å². The van der Waals surface area contributed by atoms with E-state index in [0.29, 0.717) is 19.0 Å². The maximum atomic E-state index is 5.39. The summed E-state index contributed by atoms with van der Waals surface area (Å²) >= 11 is 0. The summed E-state index contributed by atoms with van der Waals surface area (Å²) < 4.78 is 10.7. The Morgan fingerprint density at radius 2 is 1.84 bits per heavy atom. The molecule has 1 aliphatic rings. The topological polar surface area (TPSA) is 81.2 Å². The molecule has 0 radical (unpaired) electrons. The second kappa shape index (κ2) is 7.04. The van der Waals surface area contributed by atoms with Crippen LogP contribution in [0.15, 0.2) is 54.9 Å². The summed E-state index contributed by atoms with van der Waals surface area (Å²) in [6.07, 6.45) is 3.48. The van der Waals surface area contributed by atoms with E-state index in [1.165, 1.54) is 0 Å². The molecule has 7 heteroatoms. The monoisotopic (exact) mass is 335 g/mol. The van der Waals surface area contributed by atoms with Crippen molar-refractivity contribution in [3.63, 3.8) is 0 Å². The fourth-order valence-corrected chi connectivity index (χ4v) is 2.46. The number of rotatable bonds is 6. The lowest BCUT2D eigenvalue weighted by Crippen LogP contribution is -2.07. The maximum Gasteiger partial charge on any atom is 0.231 e. The molecule has 2 N–H and O–H groups in total. The van der Waals surface area contributed by atoms with Gasteiger partial charge in [-0.2, -0.15) is 4.98 Å². The minimum atomic E-state index is 0.281. The van der Waals surface area contributed by atoms with Crippen LogP contribution in [0.4, 0.5) is 11.8 Å². The van der Waals surface area contributed by atoms with Gasteiger partial charge in [0.05, 0.1) is 12.2 Å². The van der Waals surface area contributed by atoms with Crippen molar-refractivity contribution in [2.75, 3.05) is 17.4 Å². The molecule has 3 aromatic rings. The number of anilines is 2. The van der Waals surface area contributed by atoms with Crippen LogP contribution in [0, 0.1) is 0 Å². The first-order chi connectivity index (χ1) is 12.4. The molecular weight excluding hydrogens is 318 g/mol. The summed E-state index contributed by atoms with van der Waals surface area (Å²) in [5, 5.41) is 6.46. The van der Waals surface area contributed by atoms with Crippen LogP contribution >= 0.6 is 0 Å². The summed E-state index contributed by atoms with van der Waals surface area (Å²) in [6.45, 7) is 1.49. The van der Waals surface area contributed by atoms with Crippen LogP contribution in [-0.2, 0) is 13.1 Å². The van der Waals surface area contributed by atoms with Gasteiger partial charge in [0, 0.05) is 18.9 Å². The summed E-state index contributed by atoms with van der Waals surface area (Å²) in [5.74, 6) is 2.86. The van der Waals surface area contributed by atoms with E-state index in [0.717, 1.165) is 28.6 Å². The van der Waals surface area contributed by atoms with E-state index in [4.69, 9.17) is 9.47 Å². The number of hydrogen-bond acceptors (Lipinski definition) is 7. The first-order valence-corrected chi connectivity index (χ1v) is 7.96. The first kappa shape index (κ1) is 15.2. The Hall–Kier alpha value is -3.35. The molecule has 0 amide bonds. The van der Waals surface area contributed by atoms with Crippen molar-refractivity contribution in [2.24, 2.45) is 0 Å². The largest absolute Gasteiger partial charge is 0.454 e. The molecule has 0 fully saturated rings. The summed E-state index contributed by atoms with van der Waals surface area (Å²) in [6, 6.07) is 13.5. The number of hydrogen-bond donors (Lipinski definition) is 2. The normalized spacial score (nSPS) is 12.0. The predicted octanol–water partition coefficient (Wildman–Crippen LogP) is 2.82. The highest BCUT2D eigenvalue weighted by molar-refractivity contribution is 5.46. The van der Waals surface area contributed by atoms with Gasteiger partial charge in [0.25, 0.3) is 0 Å². The molecule has 0 unspecified atom stereocenters. The van der Waals surface area contributed by atoms with Crippen LogP contribution in [-0.4, -0.2) is 21.7 Å². The Kier molecular flexibility index (Phi) is 4.28. The molecule has 0 atom stereocenters. The zero-order chi connectivity index (χ0) is 16.9. The van der Waals surface area contributed by atoms with Gasteiger partial charge in [-0.05, 0) is 35.9 Å². The number of benzene rings is 1. The van der Waals surface area contributed by atoms with Gasteiger partial charge in [-0.25, -0.2) is 4.98 Å². The lowest BCUT2D eigenvalue weighted by molar-refractivity contribution is 0.174. The average molecular weight is 335 g/mol. The summed E-state index contributed by atoms with van der Waals surface area (Å²) in [5.41, 5.74) is 2.02. The van der Waals surface area contributed by atoms with Gasteiger partial charge in [0.15, 0.2) is 11.5 Å². The Morgan fingerprint density at radius 1 is 0.880 bits per heavy atom. The molecule has 0 saturated carbocycles. The Balaban J connectivity index is 1.36. The van der Waals surface area contributed by atoms with Crippen molar-refractivity contribution < 1.29 is 9.47 Å². The molecule has 0 aliphatic carbocycles. The number of ether oxygens (including phenoxy) is 2. The van der Waals surface area contributed by atoms with Gasteiger partial charge in [0.2, 0.25) is 12.7 Å². The number of nitrogens with zero attached hydrogens (tertiary/aromatic N) is 3. The van der Waals surface area contributed by atoms with E-state index in [1.807, 2.05) is 42.5 Å². The van der Waals surface area contributed by atoms with Gasteiger partial charge in [-0.1, -0.05) is 12.1 Å². The van der Waals surface area contributed by atoms with E-state index in [-0.39, 0.29) is 6.79 Å². The standard InChI is InChI=1S/C18H17N5O2/c1-2-7-19-14(3-1)11-22-18-20-8-6-17(23-18)21-10-13-4-5-15-16(9-13)25-12-24-15/h1-9H,10-12H2,(H2,20,21,22,23). The smallest absolute Gasteiger partial charge is 0.231 e. The molecule has 0 spiro atoms. The van der Waals surface area contributed by atoms with E-state index >= 15 is 0 Å². The molecule has 7 nitrogen and oxygen atoms in total. The highest BCUT2D eigenvalue weighted by Crippen LogP contribution is 2.32. The number of pyridine rings is 1. The molecule has 0 saturated heterocycles. The Labute approximate surface area is 145 Å². The number of nitrogens with one attached hydrogen (secondary N) is 2. The third-order valence-corrected chi connectivity index (χ3v) is 3.72. The molecular formula is C18H17N5O2. The van der Waals surface area contributed by atoms with Crippen molar-refractivity contribution >= 4 is 11.8 Å². The van der Waals surface area contributed by atoms with Gasteiger partial charge >= 0.3 is 0 Å². The molecule has 2 aromatic heterocycles. The predicted molar refractivity (Wildman–Crippen MR) is 93.5 cm³/mol. The second-order valence-corrected chi connectivity index (χ2v) is 5.48. The molecule has 4 rings (SSSR count). The molecule has 3 heterocycles. The van der Waals surface area contributed by atoms with Gasteiger partial charge in [0.1, 0.15) is 5.82 Å². The number of fused-ring (bicyclic) bond motifs is 1. The van der Waals surface area contributed by atoms with Crippen LogP contribution in [0.25, 0.3) is 0 Å². The Bertz CT molecular complexity index is 857. The summed E-state index contributed by atoms with van der Waals surface area (Å²) in [4.78, 5) is 13.0. The van der Waals surface area contributed by atoms with Crippen LogP contribution in [0.3, 0.4) is 0 Å². The fourth-order valence-electron chi connectivity index (χ4n) is 2.46. The first-order valence-electron chi connectivity index (χ1n) is 7.96. The Morgan fingerprint density at radius 3 is 2.76 bits per heavy atom. The average Bonchev–Trinajstić information content (AvgIpc) is 3.14. The van der Waals surface area contributed by atoms with Gasteiger partial charge in [-0.15, -0.1) is 0 Å². The van der Waals surface area contributed by atoms with Gasteiger partial charge in [-0.3, -0.25) is 4.98 Å². The summed E-state index contributed by atoms with van der Waals surface area (Å²) in [7, 11) is 0. The fraction of sp³-hybridized carbons (Fsp3) is 0.167. The van der Waals surface area contributed by atoms with E-state index in [1.54, 1.807) is 12.4 Å². The van der Waals surface area contributed by atoms with Crippen molar-refractivity contribution in [2.45, 2.75) is 13.1 Å². The second-order valence-electron chi connectivity index (χ2n) is 5.48. The van der Waals surface area contributed by atoms with Crippen molar-refractivity contribution in [1.29, 1.82) is 0 Å². The lowest BCUT2D eigenvalue weighted by Gasteiger charge is -2.09. The third kappa shape index (κ3) is 3.77. The zero-order valence-corrected chi connectivity index (χ0v) is 13.5. The number of aromatic nitrogens is 3. The highest BCUT2D eigenvalue weighted by Gasteiger charge is 2.13. The minimum absolute atomic E-state index is 0.281. The molecule has 126 valence electrons. The van der Waals surface area contributed by atoms with Crippen molar-refractivity contribution in [3.8, 4) is 11.5 Å². The molecule has 25 heavy (non-hydrogen) atoms. The van der Waals surface area contributed by atoms with E-state index in [9.17, 15) is 0 Å². The third-order valence-electron chi connectivity index (χ3n) is 3.72. The molecule has 0 bridgehead atoms. The van der Waals surface area contributed by atoms with Crippen LogP contribution in [0.1, 0.15) is 11.3 Å². The SMILES string of the molecule is c1ccc(CNc2nccc(NCc3ccc4c(c3)OCO4)n2)nc1. The lowest BCUT2D eigenvalue weighted by atomic mass is 10.2. The van der Waals surface area contributed by atoms with Crippen molar-refractivity contribution in [3.05, 3.63) is 66.1 Å². The zero-order valence-electron chi connectivity index (χ0n) is 13.5. The molecule has 1 aromatic carbocycles. The quantitative estimate of drug-likeness (QED) is 0.717. The van der Waals surface area contributed by atoms with Crippen LogP contribution in [0.5, 0.6) is 11.5 Å². The van der Waals surface area contributed by atoms with Gasteiger partial charge < -0.3 is 20.1 Å². The van der Waals surface area contributed by atoms with Crippen LogP contribution < -0.4 is 20.1 Å². The minimum Gasteiger partial charge on any atom is -0.454 e. The maximum absolute atomic E-state index is 5.39. The molecule has 1 aliphatic heterocycles. The van der Waals surface area contributed by atoms with E-state index in [2.05, 4.69) is 25.6 Å².